The van der Waals surface area contributed by atoms with Crippen molar-refractivity contribution < 1.29 is 23.2 Å². The molecule has 2 aliphatic rings. The van der Waals surface area contributed by atoms with Crippen LogP contribution in [-0.4, -0.2) is 46.9 Å². The molecule has 2 atom stereocenters. The zero-order valence-corrected chi connectivity index (χ0v) is 24.8. The summed E-state index contributed by atoms with van der Waals surface area (Å²) in [6.45, 7) is 0. The SMILES string of the molecule is N#Cc1ccnc(N2C(=O)CC[C@H]2C(=O)N(c2cccc(C=N)c2N)[C@H](C(=O)NC2CCC(F)(F)CC2)c2ccccc2Cl)c1. The highest BCUT2D eigenvalue weighted by Gasteiger charge is 2.45. The Labute approximate surface area is 263 Å². The number of halogens is 3. The van der Waals surface area contributed by atoms with Gasteiger partial charge in [0.05, 0.1) is 23.0 Å². The standard InChI is InChI=1S/C32H30ClF2N7O3/c33-23-6-2-1-5-22(23)29(30(44)40-21-10-13-32(34,35)14-11-21)42(24-7-3-4-20(18-37)28(24)38)31(45)25-8-9-27(43)41(25)26-16-19(17-36)12-15-39-26/h1-7,12,15-16,18,21,25,29,37H,8-11,13-14,38H2,(H,40,44)/t25-,29-/m0/s1. The van der Waals surface area contributed by atoms with Crippen LogP contribution in [0.1, 0.15) is 61.3 Å². The molecule has 0 spiro atoms. The molecule has 2 heterocycles. The summed E-state index contributed by atoms with van der Waals surface area (Å²) in [6.07, 6.45) is 1.75. The van der Waals surface area contributed by atoms with Gasteiger partial charge in [-0.25, -0.2) is 13.8 Å². The van der Waals surface area contributed by atoms with Crippen molar-refractivity contribution in [2.45, 2.75) is 62.6 Å². The van der Waals surface area contributed by atoms with Crippen LogP contribution in [0.25, 0.3) is 0 Å². The molecule has 45 heavy (non-hydrogen) atoms. The lowest BCUT2D eigenvalue weighted by Crippen LogP contribution is -2.53. The van der Waals surface area contributed by atoms with Gasteiger partial charge >= 0.3 is 0 Å². The lowest BCUT2D eigenvalue weighted by atomic mass is 9.91. The molecule has 0 unspecified atom stereocenters. The number of anilines is 3. The number of hydrogen-bond donors (Lipinski definition) is 3. The van der Waals surface area contributed by atoms with Gasteiger partial charge in [0, 0.05) is 53.9 Å². The Morgan fingerprint density at radius 3 is 2.60 bits per heavy atom. The number of benzene rings is 2. The summed E-state index contributed by atoms with van der Waals surface area (Å²) in [5, 5.41) is 20.3. The first kappa shape index (κ1) is 31.5. The molecule has 1 aliphatic heterocycles. The smallest absolute Gasteiger partial charge is 0.251 e. The van der Waals surface area contributed by atoms with E-state index in [-0.39, 0.29) is 77.4 Å². The quantitative estimate of drug-likeness (QED) is 0.230. The van der Waals surface area contributed by atoms with E-state index in [1.807, 2.05) is 6.07 Å². The van der Waals surface area contributed by atoms with Crippen molar-refractivity contribution in [1.82, 2.24) is 10.3 Å². The fourth-order valence-corrected chi connectivity index (χ4v) is 6.07. The summed E-state index contributed by atoms with van der Waals surface area (Å²) in [5.74, 6) is -4.49. The number of hydrogen-bond acceptors (Lipinski definition) is 7. The van der Waals surface area contributed by atoms with Crippen molar-refractivity contribution in [3.63, 3.8) is 0 Å². The first-order valence-corrected chi connectivity index (χ1v) is 14.8. The second kappa shape index (κ2) is 13.0. The minimum atomic E-state index is -2.82. The van der Waals surface area contributed by atoms with Crippen molar-refractivity contribution in [2.24, 2.45) is 0 Å². The molecular weight excluding hydrogens is 604 g/mol. The molecule has 0 radical (unpaired) electrons. The molecule has 1 aliphatic carbocycles. The van der Waals surface area contributed by atoms with Gasteiger partial charge in [-0.1, -0.05) is 41.9 Å². The van der Waals surface area contributed by atoms with Gasteiger partial charge in [-0.3, -0.25) is 24.2 Å². The Bertz CT molecular complexity index is 1690. The first-order chi connectivity index (χ1) is 21.5. The summed E-state index contributed by atoms with van der Waals surface area (Å²) in [4.78, 5) is 48.8. The predicted molar refractivity (Wildman–Crippen MR) is 165 cm³/mol. The van der Waals surface area contributed by atoms with Crippen molar-refractivity contribution in [3.05, 3.63) is 82.5 Å². The summed E-state index contributed by atoms with van der Waals surface area (Å²) in [7, 11) is 0. The average molecular weight is 634 g/mol. The van der Waals surface area contributed by atoms with Gasteiger partial charge in [-0.05, 0) is 43.5 Å². The van der Waals surface area contributed by atoms with Crippen LogP contribution >= 0.6 is 11.6 Å². The largest absolute Gasteiger partial charge is 0.397 e. The third-order valence-corrected chi connectivity index (χ3v) is 8.50. The van der Waals surface area contributed by atoms with E-state index in [0.717, 1.165) is 6.21 Å². The third-order valence-electron chi connectivity index (χ3n) is 8.16. The van der Waals surface area contributed by atoms with Crippen LogP contribution in [0.15, 0.2) is 60.8 Å². The van der Waals surface area contributed by atoms with Crippen LogP contribution in [0.5, 0.6) is 0 Å². The molecule has 232 valence electrons. The molecule has 5 rings (SSSR count). The van der Waals surface area contributed by atoms with Crippen molar-refractivity contribution >= 4 is 52.7 Å². The van der Waals surface area contributed by atoms with Crippen molar-refractivity contribution in [1.29, 1.82) is 10.7 Å². The number of amides is 3. The van der Waals surface area contributed by atoms with Crippen LogP contribution in [0.4, 0.5) is 26.0 Å². The van der Waals surface area contributed by atoms with Crippen LogP contribution < -0.4 is 20.9 Å². The van der Waals surface area contributed by atoms with Gasteiger partial charge < -0.3 is 16.5 Å². The first-order valence-electron chi connectivity index (χ1n) is 14.4. The normalized spacial score (nSPS) is 18.6. The number of nitrogen functional groups attached to an aromatic ring is 1. The molecule has 3 aromatic rings. The Morgan fingerprint density at radius 2 is 1.91 bits per heavy atom. The number of carbonyl (C=O) groups is 3. The van der Waals surface area contributed by atoms with E-state index in [2.05, 4.69) is 10.3 Å². The number of nitrogens with zero attached hydrogens (tertiary/aromatic N) is 4. The molecule has 2 fully saturated rings. The molecule has 1 saturated carbocycles. The van der Waals surface area contributed by atoms with Crippen molar-refractivity contribution in [3.8, 4) is 6.07 Å². The van der Waals surface area contributed by atoms with E-state index < -0.39 is 41.8 Å². The molecule has 0 bridgehead atoms. The number of nitrogens with two attached hydrogens (primary N) is 1. The molecule has 4 N–H and O–H groups in total. The maximum absolute atomic E-state index is 14.8. The average Bonchev–Trinajstić information content (AvgIpc) is 3.42. The minimum absolute atomic E-state index is 0.00201. The Hall–Kier alpha value is -4.89. The predicted octanol–water partition coefficient (Wildman–Crippen LogP) is 5.15. The highest BCUT2D eigenvalue weighted by Crippen LogP contribution is 2.39. The van der Waals surface area contributed by atoms with Crippen LogP contribution in [-0.2, 0) is 14.4 Å². The molecule has 10 nitrogen and oxygen atoms in total. The number of pyridine rings is 1. The second-order valence-corrected chi connectivity index (χ2v) is 11.4. The van der Waals surface area contributed by atoms with Gasteiger partial charge in [0.1, 0.15) is 17.9 Å². The Morgan fingerprint density at radius 1 is 1.18 bits per heavy atom. The van der Waals surface area contributed by atoms with E-state index in [0.29, 0.717) is 0 Å². The lowest BCUT2D eigenvalue weighted by Gasteiger charge is -2.37. The molecular formula is C32H30ClF2N7O3. The summed E-state index contributed by atoms with van der Waals surface area (Å²) in [5.41, 5.74) is 7.37. The minimum Gasteiger partial charge on any atom is -0.397 e. The fraction of sp³-hybridized carbons (Fsp3) is 0.312. The molecule has 1 saturated heterocycles. The van der Waals surface area contributed by atoms with Crippen LogP contribution in [0, 0.1) is 16.7 Å². The maximum atomic E-state index is 14.8. The number of rotatable bonds is 8. The molecule has 3 amide bonds. The number of nitrogens with one attached hydrogen (secondary N) is 2. The third kappa shape index (κ3) is 6.49. The number of para-hydroxylation sites is 1. The van der Waals surface area contributed by atoms with E-state index in [1.165, 1.54) is 34.2 Å². The van der Waals surface area contributed by atoms with Crippen LogP contribution in [0.2, 0.25) is 5.02 Å². The zero-order valence-electron chi connectivity index (χ0n) is 24.1. The van der Waals surface area contributed by atoms with E-state index in [1.54, 1.807) is 36.4 Å². The monoisotopic (exact) mass is 633 g/mol. The second-order valence-electron chi connectivity index (χ2n) is 11.0. The molecule has 2 aromatic carbocycles. The Kier molecular flexibility index (Phi) is 9.11. The summed E-state index contributed by atoms with van der Waals surface area (Å²) in [6, 6.07) is 12.8. The number of carbonyl (C=O) groups excluding carboxylic acids is 3. The molecule has 13 heteroatoms. The van der Waals surface area contributed by atoms with E-state index in [9.17, 15) is 28.4 Å². The number of alkyl halides is 2. The van der Waals surface area contributed by atoms with Gasteiger partial charge in [0.2, 0.25) is 17.7 Å². The van der Waals surface area contributed by atoms with Crippen molar-refractivity contribution in [2.75, 3.05) is 15.5 Å². The van der Waals surface area contributed by atoms with Gasteiger partial charge in [-0.15, -0.1) is 0 Å². The topological polar surface area (TPSA) is 156 Å². The fourth-order valence-electron chi connectivity index (χ4n) is 5.84. The highest BCUT2D eigenvalue weighted by molar-refractivity contribution is 6.32. The van der Waals surface area contributed by atoms with Gasteiger partial charge in [0.15, 0.2) is 0 Å². The molecule has 1 aromatic heterocycles. The summed E-state index contributed by atoms with van der Waals surface area (Å²) < 4.78 is 27.8. The summed E-state index contributed by atoms with van der Waals surface area (Å²) >= 11 is 6.63. The van der Waals surface area contributed by atoms with E-state index >= 15 is 0 Å². The highest BCUT2D eigenvalue weighted by atomic mass is 35.5. The maximum Gasteiger partial charge on any atom is 0.251 e. The van der Waals surface area contributed by atoms with Gasteiger partial charge in [0.25, 0.3) is 5.91 Å². The zero-order chi connectivity index (χ0) is 32.3. The van der Waals surface area contributed by atoms with E-state index in [4.69, 9.17) is 22.7 Å². The lowest BCUT2D eigenvalue weighted by molar-refractivity contribution is -0.128. The number of nitriles is 1. The van der Waals surface area contributed by atoms with Gasteiger partial charge in [-0.2, -0.15) is 5.26 Å². The van der Waals surface area contributed by atoms with Crippen LogP contribution in [0.3, 0.4) is 0 Å². The number of aromatic nitrogens is 1. The Balaban J connectivity index is 1.64.